The fourth-order valence-electron chi connectivity index (χ4n) is 4.08. The van der Waals surface area contributed by atoms with Crippen molar-refractivity contribution in [3.05, 3.63) is 96.6 Å². The second-order valence-electron chi connectivity index (χ2n) is 8.54. The summed E-state index contributed by atoms with van der Waals surface area (Å²) in [6.45, 7) is 3.93. The number of aliphatic imine (C=N–C) groups is 2. The van der Waals surface area contributed by atoms with Gasteiger partial charge < -0.3 is 0 Å². The van der Waals surface area contributed by atoms with E-state index in [0.29, 0.717) is 0 Å². The third-order valence-electron chi connectivity index (χ3n) is 6.28. The van der Waals surface area contributed by atoms with E-state index in [1.54, 1.807) is 26.5 Å². The predicted molar refractivity (Wildman–Crippen MR) is 202 cm³/mol. The van der Waals surface area contributed by atoms with Gasteiger partial charge in [-0.3, -0.25) is 20.0 Å². The Morgan fingerprint density at radius 2 is 0.841 bits per heavy atom. The number of benzene rings is 2. The van der Waals surface area contributed by atoms with Gasteiger partial charge in [-0.05, 0) is 38.1 Å². The molecule has 2 aromatic carbocycles. The molecule has 0 saturated heterocycles. The standard InChI is InChI=1S/2C15H13N3.4ClH.2Fe.I2/c2*1-10(16-2)13-8-7-12-6-5-11-4-3-9-17-14(11)15(12)18-13;;;;;;;1-2/h2*3-9H,1-2H3;4*1H;;;/q;;;;;;2*+2;/p-4. The van der Waals surface area contributed by atoms with Crippen molar-refractivity contribution in [3.8, 4) is 0 Å². The van der Waals surface area contributed by atoms with E-state index in [1.165, 1.54) is 0 Å². The van der Waals surface area contributed by atoms with E-state index in [-0.39, 0.29) is 26.3 Å². The predicted octanol–water partition coefficient (Wildman–Crippen LogP) is 11.0. The van der Waals surface area contributed by atoms with Crippen molar-refractivity contribution in [3.63, 3.8) is 0 Å². The Morgan fingerprint density at radius 1 is 0.545 bits per heavy atom. The van der Waals surface area contributed by atoms with Crippen LogP contribution in [0.2, 0.25) is 0 Å². The molecule has 0 atom stereocenters. The summed E-state index contributed by atoms with van der Waals surface area (Å²) in [5.41, 5.74) is 7.45. The summed E-state index contributed by atoms with van der Waals surface area (Å²) in [4.78, 5) is 26.6. The van der Waals surface area contributed by atoms with Gasteiger partial charge in [0.2, 0.25) is 0 Å². The van der Waals surface area contributed by atoms with Crippen molar-refractivity contribution in [1.29, 1.82) is 0 Å². The molecule has 6 aromatic rings. The van der Waals surface area contributed by atoms with Gasteiger partial charge in [0.15, 0.2) is 0 Å². The van der Waals surface area contributed by atoms with Crippen LogP contribution < -0.4 is 0 Å². The van der Waals surface area contributed by atoms with Gasteiger partial charge in [-0.25, -0.2) is 9.97 Å². The first-order chi connectivity index (χ1) is 21.4. The van der Waals surface area contributed by atoms with Crippen LogP contribution >= 0.6 is 77.6 Å². The van der Waals surface area contributed by atoms with Gasteiger partial charge in [0, 0.05) is 85.3 Å². The molecule has 0 radical (unpaired) electrons. The normalized spacial score (nSPS) is 11.1. The molecule has 0 bridgehead atoms. The molecule has 234 valence electrons. The molecule has 0 aliphatic heterocycles. The first-order valence-corrected chi connectivity index (χ1v) is 24.8. The van der Waals surface area contributed by atoms with Crippen molar-refractivity contribution < 1.29 is 26.3 Å². The summed E-state index contributed by atoms with van der Waals surface area (Å²) in [6, 6.07) is 24.4. The second-order valence-corrected chi connectivity index (χ2v) is 12.2. The van der Waals surface area contributed by atoms with E-state index in [0.717, 1.165) is 66.4 Å². The molecular weight excluding hydrogens is 952 g/mol. The first kappa shape index (κ1) is 39.3. The number of pyridine rings is 4. The van der Waals surface area contributed by atoms with Gasteiger partial charge >= 0.3 is 66.7 Å². The van der Waals surface area contributed by atoms with Crippen LogP contribution in [-0.2, 0) is 26.3 Å². The van der Waals surface area contributed by atoms with Gasteiger partial charge in [-0.2, -0.15) is 0 Å². The monoisotopic (exact) mass is 976 g/mol. The van der Waals surface area contributed by atoms with E-state index in [2.05, 4.69) is 116 Å². The average molecular weight is 978 g/mol. The van der Waals surface area contributed by atoms with Gasteiger partial charge in [-0.1, -0.05) is 48.5 Å². The molecule has 0 fully saturated rings. The minimum absolute atomic E-state index is 0.194. The number of hydrogen-bond donors (Lipinski definition) is 0. The molecular formula is C30H26Cl4Fe2I2N6. The van der Waals surface area contributed by atoms with Crippen LogP contribution in [0.1, 0.15) is 25.2 Å². The Bertz CT molecular complexity index is 1730. The third-order valence-corrected chi connectivity index (χ3v) is 6.28. The molecule has 0 amide bonds. The average Bonchev–Trinajstić information content (AvgIpc) is 3.08. The molecule has 0 unspecified atom stereocenters. The first-order valence-electron chi connectivity index (χ1n) is 12.4. The molecule has 0 N–H and O–H groups in total. The summed E-state index contributed by atoms with van der Waals surface area (Å²) >= 11 is 4.63. The molecule has 0 aliphatic rings. The summed E-state index contributed by atoms with van der Waals surface area (Å²) in [5.74, 6) is 0. The van der Waals surface area contributed by atoms with Crippen LogP contribution in [0.15, 0.2) is 95.2 Å². The summed E-state index contributed by atoms with van der Waals surface area (Å²) < 4.78 is 0. The van der Waals surface area contributed by atoms with Crippen molar-refractivity contribution in [2.45, 2.75) is 13.8 Å². The van der Waals surface area contributed by atoms with Gasteiger partial charge in [0.25, 0.3) is 0 Å². The van der Waals surface area contributed by atoms with Crippen molar-refractivity contribution in [2.24, 2.45) is 9.98 Å². The SMILES string of the molecule is CN=C(C)c1ccc2ccc3cccnc3c2n1.CN=C(C)c1ccc2ccc3cccnc3c2n1.II.[Cl][Fe][Cl].[Cl][Fe][Cl]. The van der Waals surface area contributed by atoms with Crippen molar-refractivity contribution in [2.75, 3.05) is 14.1 Å². The molecule has 6 nitrogen and oxygen atoms in total. The molecule has 0 saturated carbocycles. The fraction of sp³-hybridized carbons (Fsp3) is 0.133. The zero-order chi connectivity index (χ0) is 32.5. The molecule has 4 aromatic heterocycles. The Hall–Kier alpha value is -0.921. The number of aromatic nitrogens is 4. The zero-order valence-electron chi connectivity index (χ0n) is 23.7. The molecule has 6 rings (SSSR count). The van der Waals surface area contributed by atoms with Crippen LogP contribution in [0, 0.1) is 0 Å². The fourth-order valence-corrected chi connectivity index (χ4v) is 4.08. The molecule has 14 heteroatoms. The van der Waals surface area contributed by atoms with Crippen molar-refractivity contribution >= 4 is 133 Å². The molecule has 44 heavy (non-hydrogen) atoms. The van der Waals surface area contributed by atoms with Gasteiger partial charge in [0.05, 0.1) is 44.9 Å². The maximum absolute atomic E-state index is 4.76. The quantitative estimate of drug-likeness (QED) is 0.0750. The molecule has 0 aliphatic carbocycles. The summed E-state index contributed by atoms with van der Waals surface area (Å²) in [5, 5.41) is 4.43. The van der Waals surface area contributed by atoms with E-state index >= 15 is 0 Å². The zero-order valence-corrected chi connectivity index (χ0v) is 33.3. The van der Waals surface area contributed by atoms with Crippen LogP contribution in [0.25, 0.3) is 43.6 Å². The number of nitrogens with zero attached hydrogens (tertiary/aromatic N) is 6. The number of rotatable bonds is 2. The number of halogens is 6. The van der Waals surface area contributed by atoms with E-state index in [9.17, 15) is 0 Å². The summed E-state index contributed by atoms with van der Waals surface area (Å²) in [7, 11) is 22.6. The topological polar surface area (TPSA) is 76.3 Å². The van der Waals surface area contributed by atoms with Crippen LogP contribution in [0.4, 0.5) is 0 Å². The maximum atomic E-state index is 4.76. The van der Waals surface area contributed by atoms with Gasteiger partial charge in [-0.15, -0.1) is 0 Å². The van der Waals surface area contributed by atoms with Gasteiger partial charge in [0.1, 0.15) is 0 Å². The number of fused-ring (bicyclic) bond motifs is 6. The Kier molecular flexibility index (Phi) is 19.4. The Labute approximate surface area is 309 Å². The summed E-state index contributed by atoms with van der Waals surface area (Å²) in [6.07, 6.45) is 3.60. The number of hydrogen-bond acceptors (Lipinski definition) is 6. The molecule has 4 heterocycles. The molecule has 0 spiro atoms. The van der Waals surface area contributed by atoms with Crippen LogP contribution in [-0.4, -0.2) is 45.5 Å². The van der Waals surface area contributed by atoms with Crippen LogP contribution in [0.3, 0.4) is 0 Å². The Morgan fingerprint density at radius 3 is 1.16 bits per heavy atom. The van der Waals surface area contributed by atoms with E-state index < -0.39 is 0 Å². The Balaban J connectivity index is 0.000000249. The minimum atomic E-state index is 0.194. The van der Waals surface area contributed by atoms with E-state index in [1.807, 2.05) is 38.1 Å². The van der Waals surface area contributed by atoms with Crippen molar-refractivity contribution in [1.82, 2.24) is 19.9 Å². The van der Waals surface area contributed by atoms with Crippen LogP contribution in [0.5, 0.6) is 0 Å². The second kappa shape index (κ2) is 21.8. The van der Waals surface area contributed by atoms with E-state index in [4.69, 9.17) is 40.4 Å². The third kappa shape index (κ3) is 11.1.